The van der Waals surface area contributed by atoms with Gasteiger partial charge < -0.3 is 10.0 Å². The number of hydrogen-bond donors (Lipinski definition) is 1. The van der Waals surface area contributed by atoms with Gasteiger partial charge in [-0.1, -0.05) is 31.9 Å². The van der Waals surface area contributed by atoms with Gasteiger partial charge in [0.2, 0.25) is 0 Å². The highest BCUT2D eigenvalue weighted by Gasteiger charge is 2.20. The molecule has 1 N–H and O–H groups in total. The first-order chi connectivity index (χ1) is 9.70. The van der Waals surface area contributed by atoms with Gasteiger partial charge in [0.25, 0.3) is 0 Å². The molecule has 2 unspecified atom stereocenters. The molecule has 1 aromatic carbocycles. The van der Waals surface area contributed by atoms with Crippen LogP contribution >= 0.6 is 0 Å². The Morgan fingerprint density at radius 2 is 2.00 bits per heavy atom. The van der Waals surface area contributed by atoms with E-state index < -0.39 is 6.10 Å². The Kier molecular flexibility index (Phi) is 5.99. The van der Waals surface area contributed by atoms with Crippen LogP contribution < -0.4 is 0 Å². The molecule has 2 nitrogen and oxygen atoms in total. The molecule has 0 aromatic heterocycles. The van der Waals surface area contributed by atoms with Gasteiger partial charge in [0.1, 0.15) is 5.82 Å². The van der Waals surface area contributed by atoms with Crippen molar-refractivity contribution in [1.82, 2.24) is 4.90 Å². The molecular weight excluding hydrogens is 253 g/mol. The first kappa shape index (κ1) is 15.5. The fraction of sp³-hybridized carbons (Fsp3) is 0.647. The maximum absolute atomic E-state index is 12.9. The molecule has 0 bridgehead atoms. The molecule has 0 spiro atoms. The molecule has 1 saturated heterocycles. The SMILES string of the molecule is CCC1CCCCCN1CCC(O)c1ccc(F)cc1. The van der Waals surface area contributed by atoms with Crippen LogP contribution in [0.3, 0.4) is 0 Å². The van der Waals surface area contributed by atoms with Gasteiger partial charge in [-0.3, -0.25) is 0 Å². The average molecular weight is 279 g/mol. The Labute approximate surface area is 121 Å². The Balaban J connectivity index is 1.87. The lowest BCUT2D eigenvalue weighted by Gasteiger charge is -2.29. The van der Waals surface area contributed by atoms with Crippen molar-refractivity contribution in [3.8, 4) is 0 Å². The van der Waals surface area contributed by atoms with Crippen LogP contribution in [0.2, 0.25) is 0 Å². The summed E-state index contributed by atoms with van der Waals surface area (Å²) in [6, 6.07) is 6.86. The third-order valence-electron chi connectivity index (χ3n) is 4.41. The van der Waals surface area contributed by atoms with Crippen molar-refractivity contribution in [2.24, 2.45) is 0 Å². The first-order valence-electron chi connectivity index (χ1n) is 7.88. The van der Waals surface area contributed by atoms with E-state index in [-0.39, 0.29) is 5.82 Å². The molecule has 0 aliphatic carbocycles. The van der Waals surface area contributed by atoms with Gasteiger partial charge in [0.05, 0.1) is 6.10 Å². The van der Waals surface area contributed by atoms with Gasteiger partial charge >= 0.3 is 0 Å². The van der Waals surface area contributed by atoms with Gasteiger partial charge in [0.15, 0.2) is 0 Å². The third kappa shape index (κ3) is 4.29. The second kappa shape index (κ2) is 7.75. The van der Waals surface area contributed by atoms with Crippen LogP contribution in [0.5, 0.6) is 0 Å². The molecule has 1 aliphatic rings. The number of halogens is 1. The lowest BCUT2D eigenvalue weighted by molar-refractivity contribution is 0.122. The molecule has 112 valence electrons. The van der Waals surface area contributed by atoms with Gasteiger partial charge in [-0.15, -0.1) is 0 Å². The smallest absolute Gasteiger partial charge is 0.123 e. The molecule has 2 atom stereocenters. The lowest BCUT2D eigenvalue weighted by atomic mass is 10.0. The van der Waals surface area contributed by atoms with Crippen molar-refractivity contribution >= 4 is 0 Å². The number of likely N-dealkylation sites (tertiary alicyclic amines) is 1. The Hall–Kier alpha value is -0.930. The highest BCUT2D eigenvalue weighted by Crippen LogP contribution is 2.22. The number of hydrogen-bond acceptors (Lipinski definition) is 2. The molecule has 1 heterocycles. The summed E-state index contributed by atoms with van der Waals surface area (Å²) >= 11 is 0. The monoisotopic (exact) mass is 279 g/mol. The molecule has 1 aromatic rings. The molecular formula is C17H26FNO. The third-order valence-corrected chi connectivity index (χ3v) is 4.41. The summed E-state index contributed by atoms with van der Waals surface area (Å²) in [7, 11) is 0. The molecule has 2 rings (SSSR count). The van der Waals surface area contributed by atoms with E-state index in [2.05, 4.69) is 11.8 Å². The number of rotatable bonds is 5. The summed E-state index contributed by atoms with van der Waals surface area (Å²) in [5.41, 5.74) is 0.814. The van der Waals surface area contributed by atoms with Crippen molar-refractivity contribution in [2.45, 2.75) is 57.6 Å². The summed E-state index contributed by atoms with van der Waals surface area (Å²) in [6.07, 6.45) is 6.63. The van der Waals surface area contributed by atoms with Crippen molar-refractivity contribution in [1.29, 1.82) is 0 Å². The Morgan fingerprint density at radius 1 is 1.25 bits per heavy atom. The largest absolute Gasteiger partial charge is 0.388 e. The minimum absolute atomic E-state index is 0.250. The van der Waals surface area contributed by atoms with Gasteiger partial charge in [-0.05, 0) is 49.9 Å². The summed E-state index contributed by atoms with van der Waals surface area (Å²) in [6.45, 7) is 4.32. The first-order valence-corrected chi connectivity index (χ1v) is 7.88. The predicted octanol–water partition coefficient (Wildman–Crippen LogP) is 3.90. The zero-order valence-electron chi connectivity index (χ0n) is 12.4. The zero-order valence-corrected chi connectivity index (χ0v) is 12.4. The van der Waals surface area contributed by atoms with E-state index >= 15 is 0 Å². The molecule has 1 fully saturated rings. The quantitative estimate of drug-likeness (QED) is 0.883. The van der Waals surface area contributed by atoms with E-state index in [1.54, 1.807) is 12.1 Å². The number of aliphatic hydroxyl groups is 1. The Bertz CT molecular complexity index is 392. The minimum Gasteiger partial charge on any atom is -0.388 e. The lowest BCUT2D eigenvalue weighted by Crippen LogP contribution is -2.35. The molecule has 1 aliphatic heterocycles. The topological polar surface area (TPSA) is 23.5 Å². The molecule has 0 radical (unpaired) electrons. The molecule has 0 saturated carbocycles. The van der Waals surface area contributed by atoms with Crippen LogP contribution in [0, 0.1) is 5.82 Å². The highest BCUT2D eigenvalue weighted by molar-refractivity contribution is 5.18. The summed E-state index contributed by atoms with van der Waals surface area (Å²) in [4.78, 5) is 2.53. The van der Waals surface area contributed by atoms with Crippen molar-refractivity contribution in [3.05, 3.63) is 35.6 Å². The van der Waals surface area contributed by atoms with E-state index in [1.807, 2.05) is 0 Å². The minimum atomic E-state index is -0.489. The van der Waals surface area contributed by atoms with E-state index in [9.17, 15) is 9.50 Å². The van der Waals surface area contributed by atoms with Crippen LogP contribution in [-0.4, -0.2) is 29.1 Å². The van der Waals surface area contributed by atoms with Gasteiger partial charge in [-0.25, -0.2) is 4.39 Å². The van der Waals surface area contributed by atoms with Crippen molar-refractivity contribution in [3.63, 3.8) is 0 Å². The van der Waals surface area contributed by atoms with Gasteiger partial charge in [0, 0.05) is 12.6 Å². The van der Waals surface area contributed by atoms with Crippen LogP contribution in [0.1, 0.15) is 57.1 Å². The summed E-state index contributed by atoms with van der Waals surface area (Å²) in [5, 5.41) is 10.2. The number of benzene rings is 1. The van der Waals surface area contributed by atoms with Crippen LogP contribution in [0.25, 0.3) is 0 Å². The second-order valence-electron chi connectivity index (χ2n) is 5.80. The van der Waals surface area contributed by atoms with E-state index in [0.717, 1.165) is 25.1 Å². The zero-order chi connectivity index (χ0) is 14.4. The summed E-state index contributed by atoms with van der Waals surface area (Å²) in [5.74, 6) is -0.250. The number of aliphatic hydroxyl groups excluding tert-OH is 1. The summed E-state index contributed by atoms with van der Waals surface area (Å²) < 4.78 is 12.9. The maximum Gasteiger partial charge on any atom is 0.123 e. The molecule has 0 amide bonds. The van der Waals surface area contributed by atoms with Gasteiger partial charge in [-0.2, -0.15) is 0 Å². The van der Waals surface area contributed by atoms with E-state index in [0.29, 0.717) is 6.04 Å². The van der Waals surface area contributed by atoms with Crippen LogP contribution in [-0.2, 0) is 0 Å². The van der Waals surface area contributed by atoms with E-state index in [1.165, 1.54) is 44.2 Å². The van der Waals surface area contributed by atoms with E-state index in [4.69, 9.17) is 0 Å². The predicted molar refractivity (Wildman–Crippen MR) is 80.1 cm³/mol. The molecule has 20 heavy (non-hydrogen) atoms. The van der Waals surface area contributed by atoms with Crippen molar-refractivity contribution in [2.75, 3.05) is 13.1 Å². The normalized spacial score (nSPS) is 22.4. The van der Waals surface area contributed by atoms with Crippen LogP contribution in [0.4, 0.5) is 4.39 Å². The second-order valence-corrected chi connectivity index (χ2v) is 5.80. The number of nitrogens with zero attached hydrogens (tertiary/aromatic N) is 1. The standard InChI is InChI=1S/C17H26FNO/c1-2-16-6-4-3-5-12-19(16)13-11-17(20)14-7-9-15(18)10-8-14/h7-10,16-17,20H,2-6,11-13H2,1H3. The average Bonchev–Trinajstić information content (AvgIpc) is 2.70. The van der Waals surface area contributed by atoms with Crippen LogP contribution in [0.15, 0.2) is 24.3 Å². The van der Waals surface area contributed by atoms with Crippen molar-refractivity contribution < 1.29 is 9.50 Å². The maximum atomic E-state index is 12.9. The fourth-order valence-electron chi connectivity index (χ4n) is 3.13. The fourth-order valence-corrected chi connectivity index (χ4v) is 3.13. The Morgan fingerprint density at radius 3 is 2.70 bits per heavy atom. The highest BCUT2D eigenvalue weighted by atomic mass is 19.1. The molecule has 3 heteroatoms.